The van der Waals surface area contributed by atoms with Crippen LogP contribution in [-0.2, 0) is 10.0 Å². The molecular weight excluding hydrogens is 392 g/mol. The Morgan fingerprint density at radius 3 is 2.32 bits per heavy atom. The van der Waals surface area contributed by atoms with Gasteiger partial charge >= 0.3 is 0 Å². The minimum atomic E-state index is -3.76. The van der Waals surface area contributed by atoms with Crippen LogP contribution in [0.2, 0.25) is 5.02 Å². The molecule has 3 aromatic carbocycles. The highest BCUT2D eigenvalue weighted by Crippen LogP contribution is 2.33. The van der Waals surface area contributed by atoms with E-state index in [2.05, 4.69) is 9.71 Å². The van der Waals surface area contributed by atoms with Gasteiger partial charge in [-0.1, -0.05) is 65.7 Å². The van der Waals surface area contributed by atoms with Crippen molar-refractivity contribution in [1.29, 1.82) is 0 Å². The summed E-state index contributed by atoms with van der Waals surface area (Å²) in [5, 5.41) is 1.45. The van der Waals surface area contributed by atoms with Crippen LogP contribution in [0.15, 0.2) is 83.9 Å². The van der Waals surface area contributed by atoms with E-state index in [9.17, 15) is 8.42 Å². The van der Waals surface area contributed by atoms with Crippen molar-refractivity contribution in [2.45, 2.75) is 17.9 Å². The minimum Gasteiger partial charge on any atom is -0.361 e. The number of sulfonamides is 1. The second kappa shape index (κ2) is 7.43. The largest absolute Gasteiger partial charge is 0.361 e. The molecule has 0 amide bonds. The standard InChI is InChI=1S/C22H19ClN2O2S/c1-15-10-12-16(13-11-15)28(26,27)25-22(18-7-2-4-8-20(18)23)19-14-24-21-9-5-3-6-17(19)21/h2-14,22,24-25H,1H3/t22-/m0/s1. The number of para-hydroxylation sites is 1. The number of nitrogens with one attached hydrogen (secondary N) is 2. The van der Waals surface area contributed by atoms with Crippen molar-refractivity contribution in [2.24, 2.45) is 0 Å². The number of aromatic amines is 1. The average Bonchev–Trinajstić information content (AvgIpc) is 3.11. The molecule has 1 aromatic heterocycles. The Morgan fingerprint density at radius 2 is 1.57 bits per heavy atom. The average molecular weight is 411 g/mol. The highest BCUT2D eigenvalue weighted by atomic mass is 35.5. The summed E-state index contributed by atoms with van der Waals surface area (Å²) in [7, 11) is -3.76. The lowest BCUT2D eigenvalue weighted by Gasteiger charge is -2.20. The normalized spacial score (nSPS) is 12.9. The van der Waals surface area contributed by atoms with Crippen LogP contribution in [0, 0.1) is 6.92 Å². The van der Waals surface area contributed by atoms with E-state index in [-0.39, 0.29) is 4.90 Å². The van der Waals surface area contributed by atoms with E-state index >= 15 is 0 Å². The quantitative estimate of drug-likeness (QED) is 0.475. The number of halogens is 1. The van der Waals surface area contributed by atoms with Crippen LogP contribution in [0.5, 0.6) is 0 Å². The first-order chi connectivity index (χ1) is 13.5. The van der Waals surface area contributed by atoms with Gasteiger partial charge in [-0.05, 0) is 42.3 Å². The van der Waals surface area contributed by atoms with Gasteiger partial charge in [-0.3, -0.25) is 0 Å². The van der Waals surface area contributed by atoms with E-state index in [1.807, 2.05) is 55.6 Å². The van der Waals surface area contributed by atoms with Crippen molar-refractivity contribution in [3.05, 3.63) is 101 Å². The highest BCUT2D eigenvalue weighted by Gasteiger charge is 2.26. The van der Waals surface area contributed by atoms with Crippen molar-refractivity contribution in [3.63, 3.8) is 0 Å². The molecular formula is C22H19ClN2O2S. The Balaban J connectivity index is 1.84. The molecule has 0 spiro atoms. The third-order valence-corrected chi connectivity index (χ3v) is 6.54. The number of benzene rings is 3. The Kier molecular flexibility index (Phi) is 4.98. The van der Waals surface area contributed by atoms with E-state index < -0.39 is 16.1 Å². The van der Waals surface area contributed by atoms with Gasteiger partial charge in [0.1, 0.15) is 0 Å². The van der Waals surface area contributed by atoms with Crippen LogP contribution in [-0.4, -0.2) is 13.4 Å². The van der Waals surface area contributed by atoms with Crippen molar-refractivity contribution in [2.75, 3.05) is 0 Å². The first-order valence-electron chi connectivity index (χ1n) is 8.85. The molecule has 1 heterocycles. The first kappa shape index (κ1) is 18.7. The van der Waals surface area contributed by atoms with Crippen LogP contribution >= 0.6 is 11.6 Å². The molecule has 2 N–H and O–H groups in total. The molecule has 0 aliphatic carbocycles. The summed E-state index contributed by atoms with van der Waals surface area (Å²) in [6.07, 6.45) is 1.83. The van der Waals surface area contributed by atoms with Gasteiger partial charge in [0.25, 0.3) is 0 Å². The second-order valence-corrected chi connectivity index (χ2v) is 8.80. The molecule has 1 atom stereocenters. The van der Waals surface area contributed by atoms with Crippen molar-refractivity contribution in [1.82, 2.24) is 9.71 Å². The maximum atomic E-state index is 13.1. The molecule has 0 unspecified atom stereocenters. The van der Waals surface area contributed by atoms with Crippen LogP contribution < -0.4 is 4.72 Å². The topological polar surface area (TPSA) is 62.0 Å². The number of fused-ring (bicyclic) bond motifs is 1. The van der Waals surface area contributed by atoms with Gasteiger partial charge in [-0.2, -0.15) is 4.72 Å². The van der Waals surface area contributed by atoms with Gasteiger partial charge in [-0.15, -0.1) is 0 Å². The van der Waals surface area contributed by atoms with E-state index in [0.717, 1.165) is 22.0 Å². The Labute approximate surface area is 169 Å². The summed E-state index contributed by atoms with van der Waals surface area (Å²) in [5.74, 6) is 0. The Hall–Kier alpha value is -2.60. The zero-order valence-electron chi connectivity index (χ0n) is 15.2. The van der Waals surface area contributed by atoms with Crippen molar-refractivity contribution in [3.8, 4) is 0 Å². The Morgan fingerprint density at radius 1 is 0.893 bits per heavy atom. The molecule has 0 saturated heterocycles. The molecule has 6 heteroatoms. The smallest absolute Gasteiger partial charge is 0.241 e. The molecule has 4 aromatic rings. The molecule has 0 saturated carbocycles. The predicted octanol–water partition coefficient (Wildman–Crippen LogP) is 5.20. The molecule has 0 radical (unpaired) electrons. The van der Waals surface area contributed by atoms with E-state index in [1.54, 1.807) is 30.3 Å². The third-order valence-electron chi connectivity index (χ3n) is 4.75. The number of aromatic nitrogens is 1. The molecule has 4 nitrogen and oxygen atoms in total. The fourth-order valence-corrected chi connectivity index (χ4v) is 4.72. The summed E-state index contributed by atoms with van der Waals surface area (Å²) < 4.78 is 29.1. The van der Waals surface area contributed by atoms with Crippen LogP contribution in [0.3, 0.4) is 0 Å². The van der Waals surface area contributed by atoms with Gasteiger partial charge < -0.3 is 4.98 Å². The lowest BCUT2D eigenvalue weighted by molar-refractivity contribution is 0.572. The first-order valence-corrected chi connectivity index (χ1v) is 10.7. The number of hydrogen-bond donors (Lipinski definition) is 2. The van der Waals surface area contributed by atoms with Gasteiger partial charge in [0.15, 0.2) is 0 Å². The van der Waals surface area contributed by atoms with Crippen molar-refractivity contribution >= 4 is 32.5 Å². The van der Waals surface area contributed by atoms with E-state index in [1.165, 1.54) is 0 Å². The van der Waals surface area contributed by atoms with Gasteiger partial charge in [0.2, 0.25) is 10.0 Å². The fourth-order valence-electron chi connectivity index (χ4n) is 3.28. The Bertz CT molecular complexity index is 1230. The maximum Gasteiger partial charge on any atom is 0.241 e. The molecule has 28 heavy (non-hydrogen) atoms. The van der Waals surface area contributed by atoms with Gasteiger partial charge in [0.05, 0.1) is 10.9 Å². The van der Waals surface area contributed by atoms with Gasteiger partial charge in [0, 0.05) is 22.1 Å². The summed E-state index contributed by atoms with van der Waals surface area (Å²) in [5.41, 5.74) is 3.45. The minimum absolute atomic E-state index is 0.218. The lowest BCUT2D eigenvalue weighted by Crippen LogP contribution is -2.29. The molecule has 0 aliphatic heterocycles. The predicted molar refractivity (Wildman–Crippen MR) is 113 cm³/mol. The fraction of sp³-hybridized carbons (Fsp3) is 0.0909. The lowest BCUT2D eigenvalue weighted by atomic mass is 9.99. The zero-order chi connectivity index (χ0) is 19.7. The summed E-state index contributed by atoms with van der Waals surface area (Å²) >= 11 is 6.44. The van der Waals surface area contributed by atoms with E-state index in [4.69, 9.17) is 11.6 Å². The number of rotatable bonds is 5. The molecule has 0 aliphatic rings. The summed E-state index contributed by atoms with van der Waals surface area (Å²) in [6, 6.07) is 21.2. The molecule has 0 bridgehead atoms. The summed E-state index contributed by atoms with van der Waals surface area (Å²) in [4.78, 5) is 3.43. The zero-order valence-corrected chi connectivity index (χ0v) is 16.8. The SMILES string of the molecule is Cc1ccc(S(=O)(=O)N[C@@H](c2ccccc2Cl)c2c[nH]c3ccccc23)cc1. The van der Waals surface area contributed by atoms with Crippen LogP contribution in [0.4, 0.5) is 0 Å². The molecule has 142 valence electrons. The molecule has 4 rings (SSSR count). The maximum absolute atomic E-state index is 13.1. The van der Waals surface area contributed by atoms with E-state index in [0.29, 0.717) is 10.6 Å². The monoisotopic (exact) mass is 410 g/mol. The van der Waals surface area contributed by atoms with Gasteiger partial charge in [-0.25, -0.2) is 8.42 Å². The molecule has 0 fully saturated rings. The second-order valence-electron chi connectivity index (χ2n) is 6.68. The van der Waals surface area contributed by atoms with Crippen LogP contribution in [0.1, 0.15) is 22.7 Å². The highest BCUT2D eigenvalue weighted by molar-refractivity contribution is 7.89. The van der Waals surface area contributed by atoms with Crippen LogP contribution in [0.25, 0.3) is 10.9 Å². The summed E-state index contributed by atoms with van der Waals surface area (Å²) in [6.45, 7) is 1.92. The third kappa shape index (κ3) is 3.56. The number of aryl methyl sites for hydroxylation is 1. The van der Waals surface area contributed by atoms with Crippen molar-refractivity contribution < 1.29 is 8.42 Å². The number of hydrogen-bond acceptors (Lipinski definition) is 2. The number of H-pyrrole nitrogens is 1.